The fraction of sp³-hybridized carbons (Fsp3) is 0.200. The van der Waals surface area contributed by atoms with Gasteiger partial charge in [-0.05, 0) is 65.1 Å². The monoisotopic (exact) mass is 508 g/mol. The predicted molar refractivity (Wildman–Crippen MR) is 119 cm³/mol. The SMILES string of the molecule is NC(=O)c1ccc(N2CCN(C(=O)c3cc4cc(Cl)ccc4[nH]3)CC2)c(I)c1. The van der Waals surface area contributed by atoms with Crippen molar-refractivity contribution in [1.29, 1.82) is 0 Å². The van der Waals surface area contributed by atoms with E-state index in [1.807, 2.05) is 29.2 Å². The van der Waals surface area contributed by atoms with Crippen LogP contribution in [0.3, 0.4) is 0 Å². The molecule has 4 rings (SSSR count). The van der Waals surface area contributed by atoms with Crippen molar-refractivity contribution in [2.24, 2.45) is 5.73 Å². The molecule has 1 saturated heterocycles. The van der Waals surface area contributed by atoms with Crippen LogP contribution in [0.2, 0.25) is 5.02 Å². The van der Waals surface area contributed by atoms with E-state index >= 15 is 0 Å². The van der Waals surface area contributed by atoms with E-state index in [0.717, 1.165) is 33.3 Å². The van der Waals surface area contributed by atoms with Crippen molar-refractivity contribution < 1.29 is 9.59 Å². The van der Waals surface area contributed by atoms with Crippen LogP contribution in [0.5, 0.6) is 0 Å². The van der Waals surface area contributed by atoms with Gasteiger partial charge in [-0.1, -0.05) is 11.6 Å². The number of hydrogen-bond donors (Lipinski definition) is 2. The Hall–Kier alpha value is -2.26. The molecular formula is C20H18ClIN4O2. The second-order valence-electron chi connectivity index (χ2n) is 6.72. The number of carbonyl (C=O) groups excluding carboxylic acids is 2. The first-order valence-corrected chi connectivity index (χ1v) is 10.3. The second-order valence-corrected chi connectivity index (χ2v) is 8.32. The van der Waals surface area contributed by atoms with E-state index in [9.17, 15) is 9.59 Å². The summed E-state index contributed by atoms with van der Waals surface area (Å²) < 4.78 is 0.973. The fourth-order valence-corrected chi connectivity index (χ4v) is 4.49. The molecule has 0 unspecified atom stereocenters. The summed E-state index contributed by atoms with van der Waals surface area (Å²) in [7, 11) is 0. The average Bonchev–Trinajstić information content (AvgIpc) is 3.10. The smallest absolute Gasteiger partial charge is 0.270 e. The predicted octanol–water partition coefficient (Wildman–Crippen LogP) is 3.49. The summed E-state index contributed by atoms with van der Waals surface area (Å²) in [5.74, 6) is -0.440. The molecule has 1 fully saturated rings. The number of rotatable bonds is 3. The van der Waals surface area contributed by atoms with E-state index in [0.29, 0.717) is 29.4 Å². The molecule has 0 radical (unpaired) electrons. The Morgan fingerprint density at radius 2 is 1.79 bits per heavy atom. The number of hydrogen-bond acceptors (Lipinski definition) is 3. The average molecular weight is 509 g/mol. The number of nitrogens with zero attached hydrogens (tertiary/aromatic N) is 2. The first-order chi connectivity index (χ1) is 13.4. The van der Waals surface area contributed by atoms with Crippen LogP contribution >= 0.6 is 34.2 Å². The minimum absolute atomic E-state index is 0.00857. The summed E-state index contributed by atoms with van der Waals surface area (Å²) in [4.78, 5) is 31.5. The lowest BCUT2D eigenvalue weighted by atomic mass is 10.1. The maximum absolute atomic E-state index is 12.9. The number of nitrogens with one attached hydrogen (secondary N) is 1. The molecule has 3 aromatic rings. The number of halogens is 2. The number of anilines is 1. The molecule has 1 aromatic heterocycles. The zero-order valence-corrected chi connectivity index (χ0v) is 17.8. The van der Waals surface area contributed by atoms with E-state index in [4.69, 9.17) is 17.3 Å². The Labute approximate surface area is 180 Å². The van der Waals surface area contributed by atoms with Crippen molar-refractivity contribution in [1.82, 2.24) is 9.88 Å². The van der Waals surface area contributed by atoms with Gasteiger partial charge in [0.05, 0.1) is 5.69 Å². The molecule has 6 nitrogen and oxygen atoms in total. The molecular weight excluding hydrogens is 491 g/mol. The molecule has 0 saturated carbocycles. The Balaban J connectivity index is 1.46. The lowest BCUT2D eigenvalue weighted by Crippen LogP contribution is -2.49. The van der Waals surface area contributed by atoms with E-state index in [1.54, 1.807) is 18.2 Å². The quantitative estimate of drug-likeness (QED) is 0.532. The van der Waals surface area contributed by atoms with Crippen LogP contribution in [0.15, 0.2) is 42.5 Å². The second kappa shape index (κ2) is 7.63. The normalized spacial score (nSPS) is 14.5. The molecule has 0 bridgehead atoms. The van der Waals surface area contributed by atoms with Gasteiger partial charge in [0.2, 0.25) is 5.91 Å². The number of amides is 2. The van der Waals surface area contributed by atoms with Crippen LogP contribution in [-0.4, -0.2) is 47.9 Å². The van der Waals surface area contributed by atoms with Crippen molar-refractivity contribution in [2.45, 2.75) is 0 Å². The van der Waals surface area contributed by atoms with Crippen LogP contribution in [0.4, 0.5) is 5.69 Å². The zero-order valence-electron chi connectivity index (χ0n) is 14.9. The highest BCUT2D eigenvalue weighted by Gasteiger charge is 2.24. The van der Waals surface area contributed by atoms with Gasteiger partial charge < -0.3 is 20.5 Å². The molecule has 0 aliphatic carbocycles. The molecule has 1 aliphatic rings. The van der Waals surface area contributed by atoms with Gasteiger partial charge in [-0.3, -0.25) is 9.59 Å². The van der Waals surface area contributed by atoms with Crippen molar-refractivity contribution in [3.05, 3.63) is 62.3 Å². The summed E-state index contributed by atoms with van der Waals surface area (Å²) >= 11 is 8.24. The minimum Gasteiger partial charge on any atom is -0.367 e. The third-order valence-electron chi connectivity index (χ3n) is 4.95. The van der Waals surface area contributed by atoms with E-state index in [2.05, 4.69) is 32.5 Å². The lowest BCUT2D eigenvalue weighted by Gasteiger charge is -2.36. The molecule has 3 N–H and O–H groups in total. The van der Waals surface area contributed by atoms with Gasteiger partial charge in [-0.15, -0.1) is 0 Å². The third kappa shape index (κ3) is 3.68. The summed E-state index contributed by atoms with van der Waals surface area (Å²) in [6.45, 7) is 2.71. The molecule has 0 spiro atoms. The van der Waals surface area contributed by atoms with Crippen molar-refractivity contribution in [3.63, 3.8) is 0 Å². The Kier molecular flexibility index (Phi) is 5.20. The summed E-state index contributed by atoms with van der Waals surface area (Å²) in [5, 5.41) is 1.58. The number of benzene rings is 2. The van der Waals surface area contributed by atoms with E-state index in [-0.39, 0.29) is 5.91 Å². The molecule has 2 amide bonds. The Bertz CT molecular complexity index is 1070. The van der Waals surface area contributed by atoms with Gasteiger partial charge in [-0.2, -0.15) is 0 Å². The van der Waals surface area contributed by atoms with Crippen LogP contribution in [-0.2, 0) is 0 Å². The highest BCUT2D eigenvalue weighted by atomic mass is 127. The summed E-state index contributed by atoms with van der Waals surface area (Å²) in [5.41, 5.74) is 8.37. The van der Waals surface area contributed by atoms with Gasteiger partial charge in [0.1, 0.15) is 5.69 Å². The number of H-pyrrole nitrogens is 1. The molecule has 2 aromatic carbocycles. The number of primary amides is 1. The van der Waals surface area contributed by atoms with Crippen LogP contribution in [0, 0.1) is 3.57 Å². The first-order valence-electron chi connectivity index (χ1n) is 8.84. The van der Waals surface area contributed by atoms with E-state index < -0.39 is 5.91 Å². The Morgan fingerprint density at radius 1 is 1.04 bits per heavy atom. The maximum atomic E-state index is 12.9. The maximum Gasteiger partial charge on any atom is 0.270 e. The van der Waals surface area contributed by atoms with Crippen molar-refractivity contribution in [3.8, 4) is 0 Å². The summed E-state index contributed by atoms with van der Waals surface area (Å²) in [6, 6.07) is 12.8. The fourth-order valence-electron chi connectivity index (χ4n) is 3.46. The largest absolute Gasteiger partial charge is 0.367 e. The topological polar surface area (TPSA) is 82.4 Å². The third-order valence-corrected chi connectivity index (χ3v) is 6.05. The van der Waals surface area contributed by atoms with Crippen molar-refractivity contribution in [2.75, 3.05) is 31.1 Å². The number of nitrogens with two attached hydrogens (primary N) is 1. The summed E-state index contributed by atoms with van der Waals surface area (Å²) in [6.07, 6.45) is 0. The standard InChI is InChI=1S/C20H18ClIN4O2/c21-14-2-3-16-13(9-14)11-17(24-16)20(28)26-7-5-25(6-8-26)18-4-1-12(19(23)27)10-15(18)22/h1-4,9-11,24H,5-8H2,(H2,23,27). The molecule has 8 heteroatoms. The number of aromatic nitrogens is 1. The molecule has 2 heterocycles. The minimum atomic E-state index is -0.431. The van der Waals surface area contributed by atoms with E-state index in [1.165, 1.54) is 0 Å². The number of aromatic amines is 1. The Morgan fingerprint density at radius 3 is 2.46 bits per heavy atom. The van der Waals surface area contributed by atoms with Gasteiger partial charge >= 0.3 is 0 Å². The molecule has 28 heavy (non-hydrogen) atoms. The first kappa shape index (κ1) is 19.1. The van der Waals surface area contributed by atoms with Gasteiger partial charge in [0.15, 0.2) is 0 Å². The zero-order chi connectivity index (χ0) is 19.8. The van der Waals surface area contributed by atoms with Crippen LogP contribution in [0.1, 0.15) is 20.8 Å². The number of fused-ring (bicyclic) bond motifs is 1. The van der Waals surface area contributed by atoms with Gasteiger partial charge in [0, 0.05) is 51.2 Å². The van der Waals surface area contributed by atoms with Gasteiger partial charge in [0.25, 0.3) is 5.91 Å². The molecule has 1 aliphatic heterocycles. The number of piperazine rings is 1. The molecule has 0 atom stereocenters. The van der Waals surface area contributed by atoms with Crippen LogP contribution < -0.4 is 10.6 Å². The molecule has 144 valence electrons. The highest BCUT2D eigenvalue weighted by molar-refractivity contribution is 14.1. The number of carbonyl (C=O) groups is 2. The van der Waals surface area contributed by atoms with Crippen molar-refractivity contribution >= 4 is 62.6 Å². The van der Waals surface area contributed by atoms with Gasteiger partial charge in [-0.25, -0.2) is 0 Å². The van der Waals surface area contributed by atoms with Crippen LogP contribution in [0.25, 0.3) is 10.9 Å². The lowest BCUT2D eigenvalue weighted by molar-refractivity contribution is 0.0741. The highest BCUT2D eigenvalue weighted by Crippen LogP contribution is 2.26.